The molecule has 1 atom stereocenters. The van der Waals surface area contributed by atoms with Crippen LogP contribution in [0.15, 0.2) is 18.2 Å². The van der Waals surface area contributed by atoms with Crippen LogP contribution in [0.1, 0.15) is 11.1 Å². The van der Waals surface area contributed by atoms with Gasteiger partial charge in [-0.25, -0.2) is 0 Å². The highest BCUT2D eigenvalue weighted by molar-refractivity contribution is 5.76. The first-order valence-electron chi connectivity index (χ1n) is 4.90. The lowest BCUT2D eigenvalue weighted by Gasteiger charge is -2.25. The van der Waals surface area contributed by atoms with Gasteiger partial charge in [-0.1, -0.05) is 12.1 Å². The fourth-order valence-corrected chi connectivity index (χ4v) is 1.89. The lowest BCUT2D eigenvalue weighted by atomic mass is 9.95. The lowest BCUT2D eigenvalue weighted by molar-refractivity contribution is -0.143. The Hall–Kier alpha value is -1.55. The highest BCUT2D eigenvalue weighted by atomic mass is 16.5. The highest BCUT2D eigenvalue weighted by Crippen LogP contribution is 2.22. The first kappa shape index (κ1) is 9.98. The Kier molecular flexibility index (Phi) is 2.60. The third kappa shape index (κ3) is 1.80. The molecule has 0 aromatic heterocycles. The smallest absolute Gasteiger partial charge is 0.323 e. The van der Waals surface area contributed by atoms with E-state index in [1.165, 1.54) is 7.11 Å². The number of nitrogens with two attached hydrogens (primary N) is 1. The van der Waals surface area contributed by atoms with E-state index in [0.717, 1.165) is 16.8 Å². The summed E-state index contributed by atoms with van der Waals surface area (Å²) < 4.78 is 4.70. The average Bonchev–Trinajstić information content (AvgIpc) is 2.28. The third-order valence-corrected chi connectivity index (χ3v) is 2.74. The number of carbonyl (C=O) groups is 1. The molecule has 0 bridgehead atoms. The Bertz CT molecular complexity index is 390. The molecule has 1 aromatic carbocycles. The van der Waals surface area contributed by atoms with E-state index >= 15 is 0 Å². The van der Waals surface area contributed by atoms with Crippen molar-refractivity contribution >= 4 is 11.7 Å². The van der Waals surface area contributed by atoms with Gasteiger partial charge in [0, 0.05) is 12.2 Å². The minimum Gasteiger partial charge on any atom is -0.468 e. The summed E-state index contributed by atoms with van der Waals surface area (Å²) in [6, 6.07) is 5.54. The summed E-state index contributed by atoms with van der Waals surface area (Å²) in [5, 5.41) is 3.11. The predicted octanol–water partition coefficient (Wildman–Crippen LogP) is 0.456. The van der Waals surface area contributed by atoms with Crippen LogP contribution in [0.3, 0.4) is 0 Å². The number of nitrogen functional groups attached to an aromatic ring is 1. The Morgan fingerprint density at radius 2 is 2.40 bits per heavy atom. The minimum absolute atomic E-state index is 0.219. The number of hydrogen-bond acceptors (Lipinski definition) is 4. The van der Waals surface area contributed by atoms with Crippen LogP contribution in [0.5, 0.6) is 0 Å². The van der Waals surface area contributed by atoms with Gasteiger partial charge in [0.25, 0.3) is 0 Å². The Morgan fingerprint density at radius 3 is 3.13 bits per heavy atom. The van der Waals surface area contributed by atoms with Crippen molar-refractivity contribution in [2.45, 2.75) is 19.0 Å². The van der Waals surface area contributed by atoms with Crippen LogP contribution in [0.4, 0.5) is 5.69 Å². The first-order valence-corrected chi connectivity index (χ1v) is 4.90. The molecule has 15 heavy (non-hydrogen) atoms. The second kappa shape index (κ2) is 3.90. The fraction of sp³-hybridized carbons (Fsp3) is 0.364. The van der Waals surface area contributed by atoms with Crippen LogP contribution >= 0.6 is 0 Å². The maximum absolute atomic E-state index is 11.3. The largest absolute Gasteiger partial charge is 0.468 e. The molecule has 1 heterocycles. The van der Waals surface area contributed by atoms with Crippen molar-refractivity contribution < 1.29 is 9.53 Å². The molecule has 4 nitrogen and oxygen atoms in total. The number of esters is 1. The Balaban J connectivity index is 2.24. The van der Waals surface area contributed by atoms with Crippen molar-refractivity contribution in [1.29, 1.82) is 0 Å². The molecule has 1 aromatic rings. The summed E-state index contributed by atoms with van der Waals surface area (Å²) >= 11 is 0. The van der Waals surface area contributed by atoms with E-state index in [1.54, 1.807) is 0 Å². The second-order valence-electron chi connectivity index (χ2n) is 3.65. The molecule has 4 heteroatoms. The highest BCUT2D eigenvalue weighted by Gasteiger charge is 2.25. The average molecular weight is 206 g/mol. The van der Waals surface area contributed by atoms with Gasteiger partial charge >= 0.3 is 5.97 Å². The van der Waals surface area contributed by atoms with Gasteiger partial charge in [-0.15, -0.1) is 0 Å². The summed E-state index contributed by atoms with van der Waals surface area (Å²) in [6.07, 6.45) is 0.646. The lowest BCUT2D eigenvalue weighted by Crippen LogP contribution is -2.42. The van der Waals surface area contributed by atoms with Gasteiger partial charge < -0.3 is 10.5 Å². The Labute approximate surface area is 88.4 Å². The Morgan fingerprint density at radius 1 is 1.60 bits per heavy atom. The maximum atomic E-state index is 11.3. The van der Waals surface area contributed by atoms with E-state index in [2.05, 4.69) is 5.32 Å². The van der Waals surface area contributed by atoms with Gasteiger partial charge in [0.2, 0.25) is 0 Å². The number of benzene rings is 1. The van der Waals surface area contributed by atoms with E-state index < -0.39 is 0 Å². The van der Waals surface area contributed by atoms with E-state index in [1.807, 2.05) is 18.2 Å². The molecule has 0 saturated carbocycles. The monoisotopic (exact) mass is 206 g/mol. The maximum Gasteiger partial charge on any atom is 0.323 e. The minimum atomic E-state index is -0.246. The molecule has 0 fully saturated rings. The zero-order chi connectivity index (χ0) is 10.8. The predicted molar refractivity (Wildman–Crippen MR) is 57.2 cm³/mol. The molecule has 0 saturated heterocycles. The zero-order valence-electron chi connectivity index (χ0n) is 8.62. The number of methoxy groups -OCH3 is 1. The summed E-state index contributed by atoms with van der Waals surface area (Å²) in [5.41, 5.74) is 8.84. The number of hydrogen-bond donors (Lipinski definition) is 2. The molecule has 0 unspecified atom stereocenters. The molecule has 2 rings (SSSR count). The van der Waals surface area contributed by atoms with Crippen LogP contribution in [0.2, 0.25) is 0 Å². The topological polar surface area (TPSA) is 64.3 Å². The molecule has 0 aliphatic carbocycles. The number of ether oxygens (including phenoxy) is 1. The van der Waals surface area contributed by atoms with Gasteiger partial charge in [0.15, 0.2) is 0 Å². The molecular weight excluding hydrogens is 192 g/mol. The third-order valence-electron chi connectivity index (χ3n) is 2.74. The molecule has 3 N–H and O–H groups in total. The number of nitrogens with one attached hydrogen (secondary N) is 1. The second-order valence-corrected chi connectivity index (χ2v) is 3.65. The van der Waals surface area contributed by atoms with Crippen molar-refractivity contribution in [3.8, 4) is 0 Å². The van der Waals surface area contributed by atoms with Gasteiger partial charge in [-0.2, -0.15) is 0 Å². The van der Waals surface area contributed by atoms with Crippen LogP contribution in [-0.2, 0) is 22.5 Å². The number of fused-ring (bicyclic) bond motifs is 1. The molecule has 1 aliphatic heterocycles. The zero-order valence-corrected chi connectivity index (χ0v) is 8.62. The number of carbonyl (C=O) groups excluding carboxylic acids is 1. The van der Waals surface area contributed by atoms with Crippen molar-refractivity contribution in [3.05, 3.63) is 29.3 Å². The molecule has 80 valence electrons. The quantitative estimate of drug-likeness (QED) is 0.517. The van der Waals surface area contributed by atoms with Gasteiger partial charge in [-0.05, 0) is 23.6 Å². The number of anilines is 1. The summed E-state index contributed by atoms with van der Waals surface area (Å²) in [4.78, 5) is 11.3. The van der Waals surface area contributed by atoms with Crippen LogP contribution in [0.25, 0.3) is 0 Å². The molecule has 0 spiro atoms. The molecule has 1 aliphatic rings. The van der Waals surface area contributed by atoms with Gasteiger partial charge in [0.05, 0.1) is 7.11 Å². The van der Waals surface area contributed by atoms with E-state index in [-0.39, 0.29) is 12.0 Å². The van der Waals surface area contributed by atoms with Crippen LogP contribution in [-0.4, -0.2) is 19.1 Å². The van der Waals surface area contributed by atoms with Crippen LogP contribution < -0.4 is 11.1 Å². The molecular formula is C11H14N2O2. The van der Waals surface area contributed by atoms with E-state index in [4.69, 9.17) is 10.5 Å². The normalized spacial score (nSPS) is 19.4. The van der Waals surface area contributed by atoms with E-state index in [9.17, 15) is 4.79 Å². The SMILES string of the molecule is COC(=O)[C@@H]1Cc2cccc(N)c2CN1. The van der Waals surface area contributed by atoms with E-state index in [0.29, 0.717) is 13.0 Å². The molecule has 0 radical (unpaired) electrons. The summed E-state index contributed by atoms with van der Waals surface area (Å²) in [5.74, 6) is -0.219. The standard InChI is InChI=1S/C11H14N2O2/c1-15-11(14)10-5-7-3-2-4-9(12)8(7)6-13-10/h2-4,10,13H,5-6,12H2,1H3/t10-/m0/s1. The molecule has 0 amide bonds. The summed E-state index contributed by atoms with van der Waals surface area (Å²) in [7, 11) is 1.40. The first-order chi connectivity index (χ1) is 7.22. The van der Waals surface area contributed by atoms with Crippen molar-refractivity contribution in [2.24, 2.45) is 0 Å². The number of rotatable bonds is 1. The summed E-state index contributed by atoms with van der Waals surface area (Å²) in [6.45, 7) is 0.627. The van der Waals surface area contributed by atoms with Gasteiger partial charge in [-0.3, -0.25) is 10.1 Å². The van der Waals surface area contributed by atoms with Crippen molar-refractivity contribution in [1.82, 2.24) is 5.32 Å². The fourth-order valence-electron chi connectivity index (χ4n) is 1.89. The van der Waals surface area contributed by atoms with Gasteiger partial charge in [0.1, 0.15) is 6.04 Å². The van der Waals surface area contributed by atoms with Crippen molar-refractivity contribution in [2.75, 3.05) is 12.8 Å². The van der Waals surface area contributed by atoms with Crippen LogP contribution in [0, 0.1) is 0 Å². The van der Waals surface area contributed by atoms with Crippen molar-refractivity contribution in [3.63, 3.8) is 0 Å².